The second-order valence-electron chi connectivity index (χ2n) is 4.26. The first-order valence-corrected chi connectivity index (χ1v) is 7.01. The first kappa shape index (κ1) is 16.3. The average Bonchev–Trinajstić information content (AvgIpc) is 2.26. The molecule has 2 N–H and O–H groups in total. The lowest BCUT2D eigenvalue weighted by molar-refractivity contribution is -0.137. The zero-order valence-corrected chi connectivity index (χ0v) is 11.5. The highest BCUT2D eigenvalue weighted by molar-refractivity contribution is 7.90. The summed E-state index contributed by atoms with van der Waals surface area (Å²) in [5.74, 6) is 0. The fourth-order valence-corrected chi connectivity index (χ4v) is 2.21. The Morgan fingerprint density at radius 1 is 1.15 bits per heavy atom. The molecular formula is C11H13F3N2O3S. The average molecular weight is 310 g/mol. The van der Waals surface area contributed by atoms with E-state index in [9.17, 15) is 26.4 Å². The van der Waals surface area contributed by atoms with Crippen LogP contribution in [0.3, 0.4) is 0 Å². The van der Waals surface area contributed by atoms with Gasteiger partial charge in [0.15, 0.2) is 0 Å². The van der Waals surface area contributed by atoms with Gasteiger partial charge in [0.05, 0.1) is 10.5 Å². The van der Waals surface area contributed by atoms with Gasteiger partial charge in [-0.05, 0) is 38.1 Å². The molecule has 5 nitrogen and oxygen atoms in total. The van der Waals surface area contributed by atoms with Crippen LogP contribution in [0.5, 0.6) is 0 Å². The maximum atomic E-state index is 12.3. The number of benzene rings is 1. The summed E-state index contributed by atoms with van der Waals surface area (Å²) in [6, 6.07) is 1.61. The summed E-state index contributed by atoms with van der Waals surface area (Å²) in [7, 11) is -4.20. The molecule has 0 saturated heterocycles. The van der Waals surface area contributed by atoms with Crippen LogP contribution in [-0.4, -0.2) is 20.5 Å². The monoisotopic (exact) mass is 310 g/mol. The predicted molar refractivity (Wildman–Crippen MR) is 65.4 cm³/mol. The lowest BCUT2D eigenvalue weighted by Gasteiger charge is -2.11. The van der Waals surface area contributed by atoms with Gasteiger partial charge in [0, 0.05) is 6.04 Å². The van der Waals surface area contributed by atoms with Crippen LogP contribution in [0.15, 0.2) is 29.2 Å². The second-order valence-corrected chi connectivity index (χ2v) is 5.94. The lowest BCUT2D eigenvalue weighted by atomic mass is 10.2. The number of alkyl halides is 3. The third-order valence-electron chi connectivity index (χ3n) is 2.14. The number of hydrogen-bond acceptors (Lipinski definition) is 3. The number of hydrogen-bond donors (Lipinski definition) is 2. The fraction of sp³-hybridized carbons (Fsp3) is 0.364. The quantitative estimate of drug-likeness (QED) is 0.898. The molecule has 20 heavy (non-hydrogen) atoms. The maximum absolute atomic E-state index is 12.3. The van der Waals surface area contributed by atoms with Gasteiger partial charge in [-0.2, -0.15) is 13.2 Å². The molecule has 0 aliphatic carbocycles. The largest absolute Gasteiger partial charge is 0.416 e. The SMILES string of the molecule is CC(C)NC(=O)NS(=O)(=O)c1ccc(C(F)(F)F)cc1. The minimum Gasteiger partial charge on any atom is -0.335 e. The van der Waals surface area contributed by atoms with E-state index in [-0.39, 0.29) is 6.04 Å². The molecule has 0 aromatic heterocycles. The zero-order chi connectivity index (χ0) is 15.6. The molecular weight excluding hydrogens is 297 g/mol. The molecule has 0 saturated carbocycles. The van der Waals surface area contributed by atoms with Crippen LogP contribution in [0.4, 0.5) is 18.0 Å². The number of rotatable bonds is 3. The van der Waals surface area contributed by atoms with E-state index in [1.54, 1.807) is 18.6 Å². The van der Waals surface area contributed by atoms with Crippen molar-refractivity contribution in [2.45, 2.75) is 31.0 Å². The number of halogens is 3. The van der Waals surface area contributed by atoms with E-state index in [0.29, 0.717) is 12.1 Å². The highest BCUT2D eigenvalue weighted by atomic mass is 32.2. The molecule has 0 fully saturated rings. The van der Waals surface area contributed by atoms with Crippen molar-refractivity contribution >= 4 is 16.1 Å². The van der Waals surface area contributed by atoms with Crippen LogP contribution >= 0.6 is 0 Å². The Labute approximate surface area is 114 Å². The van der Waals surface area contributed by atoms with E-state index in [4.69, 9.17) is 0 Å². The molecule has 1 aromatic carbocycles. The molecule has 0 radical (unpaired) electrons. The molecule has 1 rings (SSSR count). The Balaban J connectivity index is 2.91. The zero-order valence-electron chi connectivity index (χ0n) is 10.7. The summed E-state index contributed by atoms with van der Waals surface area (Å²) >= 11 is 0. The number of urea groups is 1. The van der Waals surface area contributed by atoms with Crippen molar-refractivity contribution in [2.24, 2.45) is 0 Å². The van der Waals surface area contributed by atoms with Crippen LogP contribution in [0.1, 0.15) is 19.4 Å². The van der Waals surface area contributed by atoms with E-state index < -0.39 is 32.7 Å². The number of carbonyl (C=O) groups is 1. The van der Waals surface area contributed by atoms with Crippen LogP contribution in [0.25, 0.3) is 0 Å². The first-order chi connectivity index (χ1) is 9.02. The van der Waals surface area contributed by atoms with E-state index in [1.165, 1.54) is 0 Å². The summed E-state index contributed by atoms with van der Waals surface area (Å²) < 4.78 is 62.2. The molecule has 0 aliphatic heterocycles. The van der Waals surface area contributed by atoms with Crippen LogP contribution in [-0.2, 0) is 16.2 Å². The molecule has 0 bridgehead atoms. The molecule has 0 aliphatic rings. The fourth-order valence-electron chi connectivity index (χ4n) is 1.30. The molecule has 1 aromatic rings. The third-order valence-corrected chi connectivity index (χ3v) is 3.49. The van der Waals surface area contributed by atoms with Crippen molar-refractivity contribution in [3.05, 3.63) is 29.8 Å². The molecule has 2 amide bonds. The van der Waals surface area contributed by atoms with Gasteiger partial charge in [-0.1, -0.05) is 0 Å². The predicted octanol–water partition coefficient (Wildman–Crippen LogP) is 2.10. The molecule has 112 valence electrons. The van der Waals surface area contributed by atoms with Gasteiger partial charge in [0.2, 0.25) is 0 Å². The van der Waals surface area contributed by atoms with Gasteiger partial charge in [0.1, 0.15) is 0 Å². The Morgan fingerprint density at radius 2 is 1.65 bits per heavy atom. The van der Waals surface area contributed by atoms with Crippen LogP contribution in [0, 0.1) is 0 Å². The molecule has 0 unspecified atom stereocenters. The van der Waals surface area contributed by atoms with E-state index in [0.717, 1.165) is 12.1 Å². The van der Waals surface area contributed by atoms with Crippen molar-refractivity contribution in [1.82, 2.24) is 10.0 Å². The standard InChI is InChI=1S/C11H13F3N2O3S/c1-7(2)15-10(17)16-20(18,19)9-5-3-8(4-6-9)11(12,13)14/h3-7H,1-2H3,(H2,15,16,17). The van der Waals surface area contributed by atoms with Crippen LogP contribution < -0.4 is 10.0 Å². The van der Waals surface area contributed by atoms with Crippen molar-refractivity contribution in [2.75, 3.05) is 0 Å². The highest BCUT2D eigenvalue weighted by Gasteiger charge is 2.30. The van der Waals surface area contributed by atoms with Gasteiger partial charge in [-0.3, -0.25) is 0 Å². The number of amides is 2. The number of carbonyl (C=O) groups excluding carboxylic acids is 1. The van der Waals surface area contributed by atoms with E-state index in [1.807, 2.05) is 0 Å². The second kappa shape index (κ2) is 5.70. The van der Waals surface area contributed by atoms with Crippen molar-refractivity contribution in [3.63, 3.8) is 0 Å². The molecule has 0 spiro atoms. The van der Waals surface area contributed by atoms with Crippen LogP contribution in [0.2, 0.25) is 0 Å². The highest BCUT2D eigenvalue weighted by Crippen LogP contribution is 2.29. The molecule has 0 heterocycles. The normalized spacial score (nSPS) is 12.3. The van der Waals surface area contributed by atoms with Crippen molar-refractivity contribution < 1.29 is 26.4 Å². The minimum atomic E-state index is -4.55. The van der Waals surface area contributed by atoms with Crippen molar-refractivity contribution in [3.8, 4) is 0 Å². The Morgan fingerprint density at radius 3 is 2.05 bits per heavy atom. The summed E-state index contributed by atoms with van der Waals surface area (Å²) in [5.41, 5.74) is -0.969. The minimum absolute atomic E-state index is 0.280. The van der Waals surface area contributed by atoms with E-state index >= 15 is 0 Å². The van der Waals surface area contributed by atoms with Gasteiger partial charge in [-0.15, -0.1) is 0 Å². The first-order valence-electron chi connectivity index (χ1n) is 5.53. The third kappa shape index (κ3) is 4.41. The van der Waals surface area contributed by atoms with Gasteiger partial charge in [0.25, 0.3) is 10.0 Å². The Bertz CT molecular complexity index is 580. The Hall–Kier alpha value is -1.77. The summed E-state index contributed by atoms with van der Waals surface area (Å²) in [6.07, 6.45) is -4.55. The molecule has 0 atom stereocenters. The topological polar surface area (TPSA) is 75.3 Å². The van der Waals surface area contributed by atoms with Gasteiger partial charge >= 0.3 is 12.2 Å². The number of sulfonamides is 1. The lowest BCUT2D eigenvalue weighted by Crippen LogP contribution is -2.42. The van der Waals surface area contributed by atoms with Gasteiger partial charge in [-0.25, -0.2) is 17.9 Å². The summed E-state index contributed by atoms with van der Waals surface area (Å²) in [5, 5.41) is 2.30. The number of nitrogens with one attached hydrogen (secondary N) is 2. The maximum Gasteiger partial charge on any atom is 0.416 e. The summed E-state index contributed by atoms with van der Waals surface area (Å²) in [6.45, 7) is 3.26. The van der Waals surface area contributed by atoms with Gasteiger partial charge < -0.3 is 5.32 Å². The van der Waals surface area contributed by atoms with E-state index in [2.05, 4.69) is 5.32 Å². The molecule has 9 heteroatoms. The Kier molecular flexibility index (Phi) is 4.64. The summed E-state index contributed by atoms with van der Waals surface area (Å²) in [4.78, 5) is 10.9. The van der Waals surface area contributed by atoms with Crippen molar-refractivity contribution in [1.29, 1.82) is 0 Å². The smallest absolute Gasteiger partial charge is 0.335 e.